The van der Waals surface area contributed by atoms with Crippen LogP contribution < -0.4 is 9.64 Å². The number of anilines is 1. The van der Waals surface area contributed by atoms with Gasteiger partial charge in [-0.3, -0.25) is 4.98 Å². The second kappa shape index (κ2) is 12.1. The summed E-state index contributed by atoms with van der Waals surface area (Å²) in [5, 5.41) is 2.16. The lowest BCUT2D eigenvalue weighted by molar-refractivity contribution is 0.124. The van der Waals surface area contributed by atoms with Crippen molar-refractivity contribution in [1.29, 1.82) is 0 Å². The number of halogens is 2. The number of aromatic nitrogens is 3. The topological polar surface area (TPSA) is 54.4 Å². The minimum atomic E-state index is -0.521. The van der Waals surface area contributed by atoms with E-state index >= 15 is 8.78 Å². The van der Waals surface area contributed by atoms with Gasteiger partial charge in [0.2, 0.25) is 0 Å². The predicted molar refractivity (Wildman–Crippen MR) is 177 cm³/mol. The second-order valence-electron chi connectivity index (χ2n) is 14.2. The van der Waals surface area contributed by atoms with E-state index in [1.807, 2.05) is 26.0 Å². The summed E-state index contributed by atoms with van der Waals surface area (Å²) in [6, 6.07) is 7.40. The van der Waals surface area contributed by atoms with Crippen LogP contribution in [-0.4, -0.2) is 59.2 Å². The first kappa shape index (κ1) is 30.3. The van der Waals surface area contributed by atoms with Crippen molar-refractivity contribution < 1.29 is 13.5 Å². The van der Waals surface area contributed by atoms with Crippen molar-refractivity contribution in [3.8, 4) is 17.3 Å². The van der Waals surface area contributed by atoms with Gasteiger partial charge in [0.05, 0.1) is 12.0 Å². The van der Waals surface area contributed by atoms with E-state index in [0.717, 1.165) is 75.3 Å². The monoisotopic (exact) mass is 613 g/mol. The minimum Gasteiger partial charge on any atom is -0.463 e. The Morgan fingerprint density at radius 3 is 2.53 bits per heavy atom. The highest BCUT2D eigenvalue weighted by molar-refractivity contribution is 6.01. The third-order valence-electron chi connectivity index (χ3n) is 10.4. The van der Waals surface area contributed by atoms with Gasteiger partial charge < -0.3 is 14.5 Å². The van der Waals surface area contributed by atoms with Crippen LogP contribution in [-0.2, 0) is 6.42 Å². The number of likely N-dealkylation sites (tertiary alicyclic amines) is 1. The van der Waals surface area contributed by atoms with Crippen LogP contribution in [0.5, 0.6) is 6.01 Å². The van der Waals surface area contributed by atoms with Crippen LogP contribution in [0.25, 0.3) is 32.9 Å². The number of nitrogens with zero attached hydrogens (tertiary/aromatic N) is 5. The first-order valence-electron chi connectivity index (χ1n) is 16.9. The zero-order chi connectivity index (χ0) is 31.3. The largest absolute Gasteiger partial charge is 0.463 e. The molecule has 1 atom stereocenters. The third-order valence-corrected chi connectivity index (χ3v) is 10.4. The van der Waals surface area contributed by atoms with Gasteiger partial charge in [-0.1, -0.05) is 32.9 Å². The molecular weight excluding hydrogens is 568 g/mol. The number of hydrogen-bond acceptors (Lipinski definition) is 6. The average Bonchev–Trinajstić information content (AvgIpc) is 3.80. The van der Waals surface area contributed by atoms with Crippen molar-refractivity contribution in [1.82, 2.24) is 19.9 Å². The van der Waals surface area contributed by atoms with Crippen molar-refractivity contribution in [2.24, 2.45) is 17.3 Å². The Kier molecular flexibility index (Phi) is 8.13. The van der Waals surface area contributed by atoms with Gasteiger partial charge in [0.1, 0.15) is 22.8 Å². The van der Waals surface area contributed by atoms with Crippen LogP contribution in [0.15, 0.2) is 30.5 Å². The summed E-state index contributed by atoms with van der Waals surface area (Å²) in [4.78, 5) is 19.1. The van der Waals surface area contributed by atoms with E-state index in [0.29, 0.717) is 46.7 Å². The third kappa shape index (κ3) is 5.98. The highest BCUT2D eigenvalue weighted by Gasteiger charge is 2.45. The molecule has 3 aliphatic rings. The number of aryl methyl sites for hydroxylation is 2. The molecule has 1 aliphatic carbocycles. The molecular formula is C37H45F2N5O. The Bertz CT molecular complexity index is 1730. The molecule has 7 rings (SSSR count). The fraction of sp³-hybridized carbons (Fsp3) is 0.541. The van der Waals surface area contributed by atoms with Gasteiger partial charge in [0.25, 0.3) is 0 Å². The first-order chi connectivity index (χ1) is 21.7. The van der Waals surface area contributed by atoms with Gasteiger partial charge in [0.15, 0.2) is 5.82 Å². The van der Waals surface area contributed by atoms with Gasteiger partial charge in [-0.2, -0.15) is 9.97 Å². The van der Waals surface area contributed by atoms with E-state index in [4.69, 9.17) is 19.7 Å². The van der Waals surface area contributed by atoms with Crippen LogP contribution in [0.4, 0.5) is 14.6 Å². The van der Waals surface area contributed by atoms with E-state index in [-0.39, 0.29) is 28.5 Å². The Balaban J connectivity index is 1.29. The highest BCUT2D eigenvalue weighted by Crippen LogP contribution is 2.47. The number of hydrogen-bond donors (Lipinski definition) is 0. The van der Waals surface area contributed by atoms with Gasteiger partial charge in [0, 0.05) is 36.8 Å². The van der Waals surface area contributed by atoms with Crippen molar-refractivity contribution in [2.45, 2.75) is 72.6 Å². The molecule has 2 aromatic carbocycles. The molecule has 2 aromatic heterocycles. The van der Waals surface area contributed by atoms with E-state index in [9.17, 15) is 0 Å². The standard InChI is InChI=1S/C37H45F2N5O/c1-5-27-30(38)9-8-26-17-25(4)18-28(31(26)27)33-32(39)34-29(19-40-33)35(44-14-6-7-24(3)20-44)42-36(41-34)45-22-37(12-13-37)21-43-15-10-23(2)11-16-43/h8-9,17-19,23-24H,5-7,10-16,20-22H2,1-4H3/t24-/m0/s1. The number of rotatable bonds is 8. The van der Waals surface area contributed by atoms with Crippen LogP contribution in [0.3, 0.4) is 0 Å². The molecule has 2 saturated heterocycles. The maximum atomic E-state index is 16.9. The summed E-state index contributed by atoms with van der Waals surface area (Å²) < 4.78 is 38.3. The summed E-state index contributed by atoms with van der Waals surface area (Å²) in [5.74, 6) is 1.18. The summed E-state index contributed by atoms with van der Waals surface area (Å²) in [7, 11) is 0. The maximum Gasteiger partial charge on any atom is 0.319 e. The lowest BCUT2D eigenvalue weighted by Crippen LogP contribution is -2.39. The summed E-state index contributed by atoms with van der Waals surface area (Å²) in [5.41, 5.74) is 2.61. The van der Waals surface area contributed by atoms with Gasteiger partial charge in [-0.25, -0.2) is 8.78 Å². The predicted octanol–water partition coefficient (Wildman–Crippen LogP) is 8.12. The Labute approximate surface area is 265 Å². The molecule has 0 N–H and O–H groups in total. The van der Waals surface area contributed by atoms with Crippen LogP contribution in [0, 0.1) is 35.8 Å². The van der Waals surface area contributed by atoms with Crippen LogP contribution in [0.2, 0.25) is 0 Å². The molecule has 2 aliphatic heterocycles. The number of pyridine rings is 1. The van der Waals surface area contributed by atoms with Crippen molar-refractivity contribution in [2.75, 3.05) is 44.2 Å². The molecule has 0 unspecified atom stereocenters. The van der Waals surface area contributed by atoms with E-state index in [1.165, 1.54) is 18.9 Å². The summed E-state index contributed by atoms with van der Waals surface area (Å²) in [6.45, 7) is 14.0. The number of ether oxygens (including phenoxy) is 1. The molecule has 45 heavy (non-hydrogen) atoms. The normalized spacial score (nSPS) is 20.7. The Morgan fingerprint density at radius 2 is 1.80 bits per heavy atom. The second-order valence-corrected chi connectivity index (χ2v) is 14.2. The average molecular weight is 614 g/mol. The van der Waals surface area contributed by atoms with E-state index in [2.05, 4.69) is 23.6 Å². The quantitative estimate of drug-likeness (QED) is 0.200. The molecule has 0 spiro atoms. The highest BCUT2D eigenvalue weighted by atomic mass is 19.1. The van der Waals surface area contributed by atoms with E-state index in [1.54, 1.807) is 12.3 Å². The summed E-state index contributed by atoms with van der Waals surface area (Å²) >= 11 is 0. The molecule has 8 heteroatoms. The maximum absolute atomic E-state index is 16.9. The fourth-order valence-corrected chi connectivity index (χ4v) is 7.53. The molecule has 1 saturated carbocycles. The van der Waals surface area contributed by atoms with Crippen molar-refractivity contribution in [3.63, 3.8) is 0 Å². The molecule has 0 bridgehead atoms. The Morgan fingerprint density at radius 1 is 1.00 bits per heavy atom. The van der Waals surface area contributed by atoms with Crippen molar-refractivity contribution in [3.05, 3.63) is 53.2 Å². The van der Waals surface area contributed by atoms with Crippen molar-refractivity contribution >= 4 is 27.5 Å². The van der Waals surface area contributed by atoms with Crippen LogP contribution >= 0.6 is 0 Å². The number of piperidine rings is 2. The van der Waals surface area contributed by atoms with Gasteiger partial charge >= 0.3 is 6.01 Å². The summed E-state index contributed by atoms with van der Waals surface area (Å²) in [6.07, 6.45) is 9.16. The molecule has 4 aromatic rings. The number of fused-ring (bicyclic) bond motifs is 2. The minimum absolute atomic E-state index is 0.113. The van der Waals surface area contributed by atoms with Gasteiger partial charge in [-0.15, -0.1) is 0 Å². The smallest absolute Gasteiger partial charge is 0.319 e. The zero-order valence-corrected chi connectivity index (χ0v) is 27.1. The van der Waals surface area contributed by atoms with Gasteiger partial charge in [-0.05, 0) is 111 Å². The molecule has 0 amide bonds. The molecule has 3 fully saturated rings. The van der Waals surface area contributed by atoms with E-state index < -0.39 is 5.82 Å². The molecule has 4 heterocycles. The lowest BCUT2D eigenvalue weighted by Gasteiger charge is -2.33. The number of benzene rings is 2. The Hall–Kier alpha value is -3.39. The zero-order valence-electron chi connectivity index (χ0n) is 27.1. The first-order valence-corrected chi connectivity index (χ1v) is 16.9. The van der Waals surface area contributed by atoms with Crippen LogP contribution in [0.1, 0.15) is 70.4 Å². The molecule has 0 radical (unpaired) electrons. The SMILES string of the molecule is CCc1c(F)ccc2cc(C)cc(-c3ncc4c(N5CCC[C@H](C)C5)nc(OCC5(CN6CCC(C)CC6)CC5)nc4c3F)c12. The molecule has 6 nitrogen and oxygen atoms in total. The molecule has 238 valence electrons. The lowest BCUT2D eigenvalue weighted by atomic mass is 9.93. The fourth-order valence-electron chi connectivity index (χ4n) is 7.53.